The van der Waals surface area contributed by atoms with E-state index in [1.54, 1.807) is 0 Å². The van der Waals surface area contributed by atoms with E-state index >= 15 is 0 Å². The van der Waals surface area contributed by atoms with Crippen LogP contribution < -0.4 is 5.73 Å². The third-order valence-corrected chi connectivity index (χ3v) is 6.52. The summed E-state index contributed by atoms with van der Waals surface area (Å²) in [4.78, 5) is 2.81. The zero-order chi connectivity index (χ0) is 14.9. The van der Waals surface area contributed by atoms with Gasteiger partial charge in [0, 0.05) is 24.7 Å². The van der Waals surface area contributed by atoms with E-state index in [2.05, 4.69) is 18.7 Å². The number of hydrogen-bond acceptors (Lipinski definition) is 3. The van der Waals surface area contributed by atoms with Crippen molar-refractivity contribution in [2.45, 2.75) is 82.9 Å². The molecular formula is C18H34N2O. The molecule has 3 fully saturated rings. The van der Waals surface area contributed by atoms with Gasteiger partial charge in [0.1, 0.15) is 0 Å². The molecule has 2 saturated carbocycles. The quantitative estimate of drug-likeness (QED) is 0.869. The van der Waals surface area contributed by atoms with Crippen LogP contribution in [0.2, 0.25) is 0 Å². The average Bonchev–Trinajstić information content (AvgIpc) is 2.54. The van der Waals surface area contributed by atoms with E-state index in [4.69, 9.17) is 10.5 Å². The predicted octanol–water partition coefficient (Wildman–Crippen LogP) is 3.17. The monoisotopic (exact) mass is 294 g/mol. The molecule has 3 aliphatic rings. The van der Waals surface area contributed by atoms with Crippen LogP contribution >= 0.6 is 0 Å². The maximum atomic E-state index is 6.37. The van der Waals surface area contributed by atoms with Crippen LogP contribution in [0, 0.1) is 11.8 Å². The summed E-state index contributed by atoms with van der Waals surface area (Å²) in [5, 5.41) is 0. The van der Waals surface area contributed by atoms with Crippen LogP contribution in [-0.4, -0.2) is 42.3 Å². The Kier molecular flexibility index (Phi) is 4.92. The first-order valence-corrected chi connectivity index (χ1v) is 9.25. The molecule has 3 nitrogen and oxygen atoms in total. The molecule has 0 aromatic heterocycles. The lowest BCUT2D eigenvalue weighted by Gasteiger charge is -2.56. The van der Waals surface area contributed by atoms with Gasteiger partial charge in [-0.1, -0.05) is 39.5 Å². The lowest BCUT2D eigenvalue weighted by atomic mass is 9.69. The van der Waals surface area contributed by atoms with E-state index in [0.717, 1.165) is 31.5 Å². The molecule has 21 heavy (non-hydrogen) atoms. The molecule has 0 amide bonds. The number of nitrogens with zero attached hydrogens (tertiary/aromatic N) is 1. The number of nitrogens with two attached hydrogens (primary N) is 1. The zero-order valence-corrected chi connectivity index (χ0v) is 14.0. The molecule has 2 aliphatic carbocycles. The molecule has 0 aromatic carbocycles. The van der Waals surface area contributed by atoms with Crippen molar-refractivity contribution in [2.24, 2.45) is 17.6 Å². The van der Waals surface area contributed by atoms with Crippen molar-refractivity contribution in [1.29, 1.82) is 0 Å². The molecular weight excluding hydrogens is 260 g/mol. The summed E-state index contributed by atoms with van der Waals surface area (Å²) in [6, 6.07) is 0.641. The minimum Gasteiger partial charge on any atom is -0.375 e. The minimum absolute atomic E-state index is 0.261. The standard InChI is InChI=1S/C18H34N2O/c1-14(2)15-6-5-9-18(12-15,13-19)20-10-11-21-17-8-4-3-7-16(17)20/h14-17H,3-13,19H2,1-2H3. The highest BCUT2D eigenvalue weighted by Crippen LogP contribution is 2.43. The van der Waals surface area contributed by atoms with Crippen LogP contribution in [0.1, 0.15) is 65.2 Å². The van der Waals surface area contributed by atoms with Crippen molar-refractivity contribution in [3.8, 4) is 0 Å². The molecule has 3 rings (SSSR count). The lowest BCUT2D eigenvalue weighted by molar-refractivity contribution is -0.137. The lowest BCUT2D eigenvalue weighted by Crippen LogP contribution is -2.66. The Labute approximate surface area is 130 Å². The Balaban J connectivity index is 1.80. The second kappa shape index (κ2) is 6.55. The summed E-state index contributed by atoms with van der Waals surface area (Å²) in [5.41, 5.74) is 6.63. The molecule has 0 radical (unpaired) electrons. The number of ether oxygens (including phenoxy) is 1. The van der Waals surface area contributed by atoms with E-state index in [1.807, 2.05) is 0 Å². The predicted molar refractivity (Wildman–Crippen MR) is 87.3 cm³/mol. The molecule has 122 valence electrons. The van der Waals surface area contributed by atoms with E-state index in [0.29, 0.717) is 12.1 Å². The number of hydrogen-bond donors (Lipinski definition) is 1. The minimum atomic E-state index is 0.261. The van der Waals surface area contributed by atoms with Crippen LogP contribution in [-0.2, 0) is 4.74 Å². The van der Waals surface area contributed by atoms with Crippen molar-refractivity contribution in [2.75, 3.05) is 19.7 Å². The van der Waals surface area contributed by atoms with Crippen molar-refractivity contribution >= 4 is 0 Å². The van der Waals surface area contributed by atoms with Crippen LogP contribution in [0.3, 0.4) is 0 Å². The molecule has 1 saturated heterocycles. The third-order valence-electron chi connectivity index (χ3n) is 6.52. The molecule has 0 bridgehead atoms. The third kappa shape index (κ3) is 3.02. The van der Waals surface area contributed by atoms with E-state index in [1.165, 1.54) is 51.4 Å². The Morgan fingerprint density at radius 1 is 1.19 bits per heavy atom. The zero-order valence-electron chi connectivity index (χ0n) is 14.0. The highest BCUT2D eigenvalue weighted by Gasteiger charge is 2.47. The van der Waals surface area contributed by atoms with Crippen molar-refractivity contribution in [1.82, 2.24) is 4.90 Å². The van der Waals surface area contributed by atoms with Crippen LogP contribution in [0.25, 0.3) is 0 Å². The van der Waals surface area contributed by atoms with Gasteiger partial charge < -0.3 is 10.5 Å². The van der Waals surface area contributed by atoms with Gasteiger partial charge in [-0.2, -0.15) is 0 Å². The molecule has 1 aliphatic heterocycles. The van der Waals surface area contributed by atoms with Gasteiger partial charge in [0.15, 0.2) is 0 Å². The molecule has 4 unspecified atom stereocenters. The highest BCUT2D eigenvalue weighted by atomic mass is 16.5. The maximum Gasteiger partial charge on any atom is 0.0731 e. The summed E-state index contributed by atoms with van der Waals surface area (Å²) >= 11 is 0. The summed E-state index contributed by atoms with van der Waals surface area (Å²) in [7, 11) is 0. The maximum absolute atomic E-state index is 6.37. The number of rotatable bonds is 3. The van der Waals surface area contributed by atoms with Gasteiger partial charge in [0.05, 0.1) is 12.7 Å². The van der Waals surface area contributed by atoms with Gasteiger partial charge in [-0.05, 0) is 37.5 Å². The summed E-state index contributed by atoms with van der Waals surface area (Å²) in [6.07, 6.45) is 11.1. The van der Waals surface area contributed by atoms with E-state index in [-0.39, 0.29) is 5.54 Å². The Morgan fingerprint density at radius 2 is 2.00 bits per heavy atom. The molecule has 0 spiro atoms. The summed E-state index contributed by atoms with van der Waals surface area (Å²) in [6.45, 7) is 7.62. The number of morpholine rings is 1. The van der Waals surface area contributed by atoms with Gasteiger partial charge in [0.25, 0.3) is 0 Å². The summed E-state index contributed by atoms with van der Waals surface area (Å²) < 4.78 is 6.08. The first-order valence-electron chi connectivity index (χ1n) is 9.25. The van der Waals surface area contributed by atoms with E-state index < -0.39 is 0 Å². The first-order chi connectivity index (χ1) is 10.2. The van der Waals surface area contributed by atoms with Crippen molar-refractivity contribution in [3.63, 3.8) is 0 Å². The molecule has 3 heteroatoms. The fourth-order valence-corrected chi connectivity index (χ4v) is 5.20. The molecule has 4 atom stereocenters. The fraction of sp³-hybridized carbons (Fsp3) is 1.00. The number of fused-ring (bicyclic) bond motifs is 1. The second-order valence-corrected chi connectivity index (χ2v) is 7.98. The Hall–Kier alpha value is -0.120. The van der Waals surface area contributed by atoms with E-state index in [9.17, 15) is 0 Å². The van der Waals surface area contributed by atoms with Crippen molar-refractivity contribution < 1.29 is 4.74 Å². The SMILES string of the molecule is CC(C)C1CCCC(CN)(N2CCOC3CCCCC32)C1. The van der Waals surface area contributed by atoms with Gasteiger partial charge in [-0.25, -0.2) is 0 Å². The van der Waals surface area contributed by atoms with Gasteiger partial charge in [-0.15, -0.1) is 0 Å². The highest BCUT2D eigenvalue weighted by molar-refractivity contribution is 5.02. The van der Waals surface area contributed by atoms with Crippen LogP contribution in [0.15, 0.2) is 0 Å². The largest absolute Gasteiger partial charge is 0.375 e. The Bertz CT molecular complexity index is 344. The first kappa shape index (κ1) is 15.8. The molecule has 2 N–H and O–H groups in total. The smallest absolute Gasteiger partial charge is 0.0731 e. The fourth-order valence-electron chi connectivity index (χ4n) is 5.20. The normalized spacial score (nSPS) is 42.0. The van der Waals surface area contributed by atoms with Crippen LogP contribution in [0.5, 0.6) is 0 Å². The van der Waals surface area contributed by atoms with Gasteiger partial charge in [0.2, 0.25) is 0 Å². The van der Waals surface area contributed by atoms with Crippen LogP contribution in [0.4, 0.5) is 0 Å². The topological polar surface area (TPSA) is 38.5 Å². The molecule has 1 heterocycles. The Morgan fingerprint density at radius 3 is 2.76 bits per heavy atom. The summed E-state index contributed by atoms with van der Waals surface area (Å²) in [5.74, 6) is 1.65. The molecule has 0 aromatic rings. The second-order valence-electron chi connectivity index (χ2n) is 7.98. The van der Waals surface area contributed by atoms with Gasteiger partial charge >= 0.3 is 0 Å². The van der Waals surface area contributed by atoms with Crippen molar-refractivity contribution in [3.05, 3.63) is 0 Å². The van der Waals surface area contributed by atoms with Gasteiger partial charge in [-0.3, -0.25) is 4.90 Å². The average molecular weight is 294 g/mol.